The summed E-state index contributed by atoms with van der Waals surface area (Å²) in [7, 11) is 1.42. The lowest BCUT2D eigenvalue weighted by Gasteiger charge is -2.37. The normalized spacial score (nSPS) is 25.8. The molecule has 1 aromatic rings. The van der Waals surface area contributed by atoms with Gasteiger partial charge in [0.25, 0.3) is 0 Å². The van der Waals surface area contributed by atoms with Crippen LogP contribution in [0.4, 0.5) is 18.0 Å². The van der Waals surface area contributed by atoms with Gasteiger partial charge in [-0.05, 0) is 49.3 Å². The third-order valence-electron chi connectivity index (χ3n) is 7.36. The summed E-state index contributed by atoms with van der Waals surface area (Å²) in [5, 5.41) is 0. The van der Waals surface area contributed by atoms with Crippen molar-refractivity contribution in [3.05, 3.63) is 35.4 Å². The number of hydrogen-bond acceptors (Lipinski definition) is 5. The average molecular weight is 469 g/mol. The van der Waals surface area contributed by atoms with Crippen molar-refractivity contribution in [1.29, 1.82) is 0 Å². The summed E-state index contributed by atoms with van der Waals surface area (Å²) in [6.45, 7) is 3.27. The summed E-state index contributed by atoms with van der Waals surface area (Å²) in [6.07, 6.45) is 0.232. The molecule has 3 fully saturated rings. The Labute approximate surface area is 192 Å². The Bertz CT molecular complexity index is 842. The Morgan fingerprint density at radius 1 is 1.12 bits per heavy atom. The van der Waals surface area contributed by atoms with Crippen molar-refractivity contribution in [3.8, 4) is 0 Å². The number of nitrogens with zero attached hydrogens (tertiary/aromatic N) is 2. The minimum atomic E-state index is -4.32. The third-order valence-corrected chi connectivity index (χ3v) is 7.36. The fraction of sp³-hybridized carbons (Fsp3) is 0.667. The minimum absolute atomic E-state index is 0.0304. The van der Waals surface area contributed by atoms with E-state index in [1.165, 1.54) is 19.2 Å². The highest BCUT2D eigenvalue weighted by atomic mass is 19.4. The number of likely N-dealkylation sites (tertiary alicyclic amines) is 1. The quantitative estimate of drug-likeness (QED) is 0.597. The summed E-state index contributed by atoms with van der Waals surface area (Å²) in [5.74, 6) is 0.196. The van der Waals surface area contributed by atoms with E-state index < -0.39 is 17.3 Å². The molecule has 9 heteroatoms. The van der Waals surface area contributed by atoms with Crippen LogP contribution >= 0.6 is 0 Å². The Balaban J connectivity index is 1.24. The molecular formula is C24H31F3N2O4. The molecule has 0 atom stereocenters. The molecule has 0 N–H and O–H groups in total. The molecule has 2 saturated heterocycles. The van der Waals surface area contributed by atoms with Crippen LogP contribution in [0.1, 0.15) is 49.7 Å². The van der Waals surface area contributed by atoms with Crippen molar-refractivity contribution in [2.24, 2.45) is 11.8 Å². The lowest BCUT2D eigenvalue weighted by Crippen LogP contribution is -2.46. The molecule has 1 aromatic carbocycles. The molecule has 1 aliphatic carbocycles. The van der Waals surface area contributed by atoms with Crippen LogP contribution in [-0.4, -0.2) is 60.8 Å². The van der Waals surface area contributed by atoms with Crippen LogP contribution in [0, 0.1) is 11.8 Å². The Hall–Kier alpha value is -2.29. The van der Waals surface area contributed by atoms with Gasteiger partial charge in [-0.2, -0.15) is 13.2 Å². The SMILES string of the molecule is COC(=O)C1CCC(CN2CC3(CCN(Cc4ccc(C(F)(F)F)cc4)CC3)OC2=O)CC1. The van der Waals surface area contributed by atoms with E-state index in [2.05, 4.69) is 4.90 Å². The molecular weight excluding hydrogens is 437 g/mol. The number of carbonyl (C=O) groups excluding carboxylic acids is 2. The molecule has 1 amide bonds. The molecule has 2 heterocycles. The minimum Gasteiger partial charge on any atom is -0.469 e. The molecule has 6 nitrogen and oxygen atoms in total. The van der Waals surface area contributed by atoms with Crippen LogP contribution in [0.15, 0.2) is 24.3 Å². The van der Waals surface area contributed by atoms with Gasteiger partial charge in [-0.15, -0.1) is 0 Å². The molecule has 1 spiro atoms. The molecule has 0 unspecified atom stereocenters. The van der Waals surface area contributed by atoms with Crippen LogP contribution in [0.3, 0.4) is 0 Å². The molecule has 4 rings (SSSR count). The number of benzene rings is 1. The van der Waals surface area contributed by atoms with Crippen molar-refractivity contribution < 1.29 is 32.2 Å². The monoisotopic (exact) mass is 468 g/mol. The van der Waals surface area contributed by atoms with Crippen molar-refractivity contribution >= 4 is 12.1 Å². The average Bonchev–Trinajstić information content (AvgIpc) is 3.09. The van der Waals surface area contributed by atoms with E-state index >= 15 is 0 Å². The Morgan fingerprint density at radius 3 is 2.33 bits per heavy atom. The predicted molar refractivity (Wildman–Crippen MR) is 114 cm³/mol. The van der Waals surface area contributed by atoms with E-state index in [4.69, 9.17) is 9.47 Å². The van der Waals surface area contributed by atoms with Gasteiger partial charge in [-0.3, -0.25) is 9.69 Å². The number of halogens is 3. The number of rotatable bonds is 5. The van der Waals surface area contributed by atoms with Crippen molar-refractivity contribution in [3.63, 3.8) is 0 Å². The second kappa shape index (κ2) is 9.52. The maximum absolute atomic E-state index is 12.7. The van der Waals surface area contributed by atoms with E-state index in [-0.39, 0.29) is 18.0 Å². The lowest BCUT2D eigenvalue weighted by atomic mass is 9.81. The second-order valence-corrected chi connectivity index (χ2v) is 9.64. The van der Waals surface area contributed by atoms with Gasteiger partial charge in [0, 0.05) is 39.0 Å². The maximum atomic E-state index is 12.7. The van der Waals surface area contributed by atoms with Gasteiger partial charge in [-0.25, -0.2) is 4.79 Å². The zero-order chi connectivity index (χ0) is 23.6. The summed E-state index contributed by atoms with van der Waals surface area (Å²) in [6, 6.07) is 5.30. The fourth-order valence-corrected chi connectivity index (χ4v) is 5.33. The van der Waals surface area contributed by atoms with Crippen LogP contribution in [0.5, 0.6) is 0 Å². The van der Waals surface area contributed by atoms with Crippen molar-refractivity contribution in [2.45, 2.75) is 56.8 Å². The zero-order valence-electron chi connectivity index (χ0n) is 18.9. The number of carbonyl (C=O) groups is 2. The lowest BCUT2D eigenvalue weighted by molar-refractivity contribution is -0.146. The standard InChI is InChI=1S/C24H31F3N2O4/c1-32-21(30)19-6-2-18(3-7-19)15-29-16-23(33-22(29)31)10-12-28(13-11-23)14-17-4-8-20(9-5-17)24(25,26)27/h4-5,8-9,18-19H,2-3,6-7,10-16H2,1H3. The van der Waals surface area contributed by atoms with Crippen molar-refractivity contribution in [1.82, 2.24) is 9.80 Å². The predicted octanol–water partition coefficient (Wildman–Crippen LogP) is 4.47. The number of esters is 1. The van der Waals surface area contributed by atoms with Crippen LogP contribution in [0.2, 0.25) is 0 Å². The first-order valence-corrected chi connectivity index (χ1v) is 11.6. The highest BCUT2D eigenvalue weighted by Crippen LogP contribution is 2.36. The maximum Gasteiger partial charge on any atom is 0.416 e. The number of methoxy groups -OCH3 is 1. The van der Waals surface area contributed by atoms with Crippen LogP contribution < -0.4 is 0 Å². The second-order valence-electron chi connectivity index (χ2n) is 9.64. The fourth-order valence-electron chi connectivity index (χ4n) is 5.33. The topological polar surface area (TPSA) is 59.1 Å². The van der Waals surface area contributed by atoms with Crippen LogP contribution in [-0.2, 0) is 27.0 Å². The third kappa shape index (κ3) is 5.62. The first-order chi connectivity index (χ1) is 15.7. The smallest absolute Gasteiger partial charge is 0.416 e. The van der Waals surface area contributed by atoms with Gasteiger partial charge in [0.05, 0.1) is 25.1 Å². The molecule has 2 aliphatic heterocycles. The number of piperidine rings is 1. The van der Waals surface area contributed by atoms with Crippen LogP contribution in [0.25, 0.3) is 0 Å². The highest BCUT2D eigenvalue weighted by molar-refractivity contribution is 5.72. The Kier molecular flexibility index (Phi) is 6.88. The van der Waals surface area contributed by atoms with E-state index in [0.29, 0.717) is 38.4 Å². The first-order valence-electron chi connectivity index (χ1n) is 11.6. The molecule has 33 heavy (non-hydrogen) atoms. The summed E-state index contributed by atoms with van der Waals surface area (Å²) >= 11 is 0. The van der Waals surface area contributed by atoms with Gasteiger partial charge in [0.2, 0.25) is 0 Å². The molecule has 0 bridgehead atoms. The summed E-state index contributed by atoms with van der Waals surface area (Å²) < 4.78 is 48.9. The van der Waals surface area contributed by atoms with E-state index in [1.807, 2.05) is 4.90 Å². The molecule has 1 saturated carbocycles. The molecule has 182 valence electrons. The number of amides is 1. The molecule has 0 radical (unpaired) electrons. The largest absolute Gasteiger partial charge is 0.469 e. The van der Waals surface area contributed by atoms with Gasteiger partial charge in [0.1, 0.15) is 5.60 Å². The van der Waals surface area contributed by atoms with E-state index in [1.54, 1.807) is 0 Å². The van der Waals surface area contributed by atoms with Crippen molar-refractivity contribution in [2.75, 3.05) is 33.3 Å². The van der Waals surface area contributed by atoms with Gasteiger partial charge >= 0.3 is 18.2 Å². The van der Waals surface area contributed by atoms with Gasteiger partial charge in [-0.1, -0.05) is 12.1 Å². The van der Waals surface area contributed by atoms with E-state index in [0.717, 1.165) is 56.5 Å². The van der Waals surface area contributed by atoms with E-state index in [9.17, 15) is 22.8 Å². The van der Waals surface area contributed by atoms with Gasteiger partial charge in [0.15, 0.2) is 0 Å². The van der Waals surface area contributed by atoms with Gasteiger partial charge < -0.3 is 14.4 Å². The molecule has 0 aromatic heterocycles. The summed E-state index contributed by atoms with van der Waals surface area (Å²) in [4.78, 5) is 28.3. The Morgan fingerprint density at radius 2 is 1.76 bits per heavy atom. The number of ether oxygens (including phenoxy) is 2. The number of alkyl halides is 3. The number of hydrogen-bond donors (Lipinski definition) is 0. The zero-order valence-corrected chi connectivity index (χ0v) is 18.9. The summed E-state index contributed by atoms with van der Waals surface area (Å²) in [5.41, 5.74) is -0.274. The molecule has 3 aliphatic rings. The first kappa shape index (κ1) is 23.9. The highest BCUT2D eigenvalue weighted by Gasteiger charge is 2.47.